The van der Waals surface area contributed by atoms with E-state index < -0.39 is 35.7 Å². The molecule has 2 saturated heterocycles. The van der Waals surface area contributed by atoms with Crippen molar-refractivity contribution in [1.82, 2.24) is 5.32 Å². The van der Waals surface area contributed by atoms with Crippen LogP contribution in [0.5, 0.6) is 0 Å². The van der Waals surface area contributed by atoms with E-state index in [4.69, 9.17) is 14.2 Å². The van der Waals surface area contributed by atoms with Gasteiger partial charge in [-0.25, -0.2) is 0 Å². The predicted molar refractivity (Wildman–Crippen MR) is 128 cm³/mol. The molecule has 7 heteroatoms. The van der Waals surface area contributed by atoms with E-state index in [1.54, 1.807) is 13.8 Å². The lowest BCUT2D eigenvalue weighted by atomic mass is 9.63. The Labute approximate surface area is 203 Å². The maximum Gasteiger partial charge on any atom is 0.309 e. The van der Waals surface area contributed by atoms with E-state index in [2.05, 4.69) is 45.2 Å². The molecule has 0 aromatic heterocycles. The molecule has 2 N–H and O–H groups in total. The van der Waals surface area contributed by atoms with Crippen molar-refractivity contribution < 1.29 is 28.9 Å². The summed E-state index contributed by atoms with van der Waals surface area (Å²) in [6.07, 6.45) is 4.02. The van der Waals surface area contributed by atoms with Gasteiger partial charge in [0, 0.05) is 17.9 Å². The van der Waals surface area contributed by atoms with Crippen LogP contribution in [0.2, 0.25) is 0 Å². The minimum atomic E-state index is -1.29. The average Bonchev–Trinajstić information content (AvgIpc) is 3.16. The van der Waals surface area contributed by atoms with Gasteiger partial charge in [0.2, 0.25) is 5.60 Å². The van der Waals surface area contributed by atoms with Gasteiger partial charge in [0.05, 0.1) is 12.5 Å². The molecule has 4 aliphatic rings. The van der Waals surface area contributed by atoms with E-state index in [0.29, 0.717) is 18.8 Å². The second-order valence-electron chi connectivity index (χ2n) is 11.7. The Kier molecular flexibility index (Phi) is 6.77. The number of hydrogen-bond donors (Lipinski definition) is 2. The minimum absolute atomic E-state index is 0.0670. The monoisotopic (exact) mass is 475 g/mol. The van der Waals surface area contributed by atoms with Crippen LogP contribution >= 0.6 is 0 Å². The van der Waals surface area contributed by atoms with Gasteiger partial charge in [-0.05, 0) is 58.8 Å². The Morgan fingerprint density at radius 1 is 1.18 bits per heavy atom. The van der Waals surface area contributed by atoms with Gasteiger partial charge in [0.25, 0.3) is 5.91 Å². The van der Waals surface area contributed by atoms with Gasteiger partial charge in [0.1, 0.15) is 12.2 Å². The van der Waals surface area contributed by atoms with Crippen molar-refractivity contribution in [3.8, 4) is 0 Å². The molecule has 0 radical (unpaired) electrons. The van der Waals surface area contributed by atoms with Crippen molar-refractivity contribution in [3.05, 3.63) is 23.3 Å². The van der Waals surface area contributed by atoms with E-state index in [9.17, 15) is 14.7 Å². The SMILES string of the molecule is CC1=C[C@@H]2/C=C(\C)CC[C@H](O)[C@H]3OC(C)(C)O[C@@H]3CC(=O)O[C@]23C(=O)N[C@@H](CC(C)C)[C@H]3[C@H]1C. The fourth-order valence-electron chi connectivity index (χ4n) is 6.50. The lowest BCUT2D eigenvalue weighted by Crippen LogP contribution is -2.56. The minimum Gasteiger partial charge on any atom is -0.447 e. The third kappa shape index (κ3) is 4.47. The topological polar surface area (TPSA) is 94.1 Å². The van der Waals surface area contributed by atoms with Crippen LogP contribution in [0.15, 0.2) is 23.3 Å². The van der Waals surface area contributed by atoms with Crippen LogP contribution in [0, 0.1) is 23.7 Å². The van der Waals surface area contributed by atoms with Gasteiger partial charge in [-0.3, -0.25) is 9.59 Å². The van der Waals surface area contributed by atoms with Crippen LogP contribution in [-0.2, 0) is 23.8 Å². The second-order valence-corrected chi connectivity index (χ2v) is 11.7. The number of allylic oxidation sites excluding steroid dienone is 2. The number of ether oxygens (including phenoxy) is 3. The number of carbonyl (C=O) groups excluding carboxylic acids is 2. The number of fused-ring (bicyclic) bond motifs is 1. The number of nitrogens with one attached hydrogen (secondary N) is 1. The first kappa shape index (κ1) is 25.4. The largest absolute Gasteiger partial charge is 0.447 e. The fourth-order valence-corrected chi connectivity index (χ4v) is 6.50. The number of amides is 1. The first-order valence-electron chi connectivity index (χ1n) is 12.8. The van der Waals surface area contributed by atoms with Crippen molar-refractivity contribution in [2.75, 3.05) is 0 Å². The summed E-state index contributed by atoms with van der Waals surface area (Å²) in [7, 11) is 0. The van der Waals surface area contributed by atoms with Gasteiger partial charge < -0.3 is 24.6 Å². The number of esters is 1. The van der Waals surface area contributed by atoms with Crippen molar-refractivity contribution >= 4 is 11.9 Å². The normalized spacial score (nSPS) is 43.9. The molecular weight excluding hydrogens is 434 g/mol. The third-order valence-corrected chi connectivity index (χ3v) is 8.07. The zero-order chi connectivity index (χ0) is 25.0. The summed E-state index contributed by atoms with van der Waals surface area (Å²) in [6, 6.07) is -0.0670. The summed E-state index contributed by atoms with van der Waals surface area (Å²) in [5, 5.41) is 14.1. The molecule has 0 saturated carbocycles. The van der Waals surface area contributed by atoms with Gasteiger partial charge >= 0.3 is 5.97 Å². The summed E-state index contributed by atoms with van der Waals surface area (Å²) in [4.78, 5) is 27.2. The molecule has 3 heterocycles. The predicted octanol–water partition coefficient (Wildman–Crippen LogP) is 3.65. The molecule has 0 aromatic carbocycles. The number of aliphatic hydroxyl groups excluding tert-OH is 1. The fraction of sp³-hybridized carbons (Fsp3) is 0.778. The van der Waals surface area contributed by atoms with Gasteiger partial charge in [-0.2, -0.15) is 0 Å². The van der Waals surface area contributed by atoms with Crippen LogP contribution in [-0.4, -0.2) is 52.7 Å². The molecule has 3 aliphatic heterocycles. The van der Waals surface area contributed by atoms with Gasteiger partial charge in [0.15, 0.2) is 5.79 Å². The van der Waals surface area contributed by atoms with Gasteiger partial charge in [-0.15, -0.1) is 0 Å². The molecule has 4 rings (SSSR count). The summed E-state index contributed by atoms with van der Waals surface area (Å²) in [5.74, 6) is -1.65. The number of carbonyl (C=O) groups is 2. The highest BCUT2D eigenvalue weighted by atomic mass is 16.8. The molecule has 34 heavy (non-hydrogen) atoms. The average molecular weight is 476 g/mol. The summed E-state index contributed by atoms with van der Waals surface area (Å²) in [5.41, 5.74) is 0.962. The maximum atomic E-state index is 13.7. The van der Waals surface area contributed by atoms with Crippen molar-refractivity contribution in [2.45, 2.75) is 110 Å². The standard InChI is InChI=1S/C27H41NO6/c1-14(2)10-19-23-17(5)16(4)12-18-11-15(3)8-9-20(29)24-21(32-26(6,7)34-24)13-22(30)33-27(18,23)25(31)28-19/h11-12,14,17-21,23-24,29H,8-10,13H2,1-7H3,(H,28,31)/b15-11+/t17-,18-,19-,20-,21+,23+,24+,27+/m0/s1. The molecule has 0 unspecified atom stereocenters. The molecule has 2 fully saturated rings. The molecule has 190 valence electrons. The van der Waals surface area contributed by atoms with Crippen LogP contribution in [0.25, 0.3) is 0 Å². The van der Waals surface area contributed by atoms with Crippen LogP contribution in [0.4, 0.5) is 0 Å². The molecular formula is C27H41NO6. The first-order chi connectivity index (χ1) is 15.8. The van der Waals surface area contributed by atoms with E-state index in [1.807, 2.05) is 6.92 Å². The summed E-state index contributed by atoms with van der Waals surface area (Å²) >= 11 is 0. The van der Waals surface area contributed by atoms with Crippen molar-refractivity contribution in [3.63, 3.8) is 0 Å². The summed E-state index contributed by atoms with van der Waals surface area (Å²) < 4.78 is 18.3. The highest BCUT2D eigenvalue weighted by Crippen LogP contribution is 2.51. The van der Waals surface area contributed by atoms with E-state index in [0.717, 1.165) is 12.0 Å². The highest BCUT2D eigenvalue weighted by Gasteiger charge is 2.64. The zero-order valence-corrected chi connectivity index (χ0v) is 21.6. The third-order valence-electron chi connectivity index (χ3n) is 8.07. The summed E-state index contributed by atoms with van der Waals surface area (Å²) in [6.45, 7) is 14.1. The van der Waals surface area contributed by atoms with Crippen molar-refractivity contribution in [1.29, 1.82) is 0 Å². The molecule has 0 bridgehead atoms. The Bertz CT molecular complexity index is 892. The maximum absolute atomic E-state index is 13.7. The molecule has 0 aromatic rings. The Morgan fingerprint density at radius 2 is 1.88 bits per heavy atom. The first-order valence-corrected chi connectivity index (χ1v) is 12.8. The molecule has 1 aliphatic carbocycles. The van der Waals surface area contributed by atoms with Crippen molar-refractivity contribution in [2.24, 2.45) is 23.7 Å². The smallest absolute Gasteiger partial charge is 0.309 e. The lowest BCUT2D eigenvalue weighted by molar-refractivity contribution is -0.180. The van der Waals surface area contributed by atoms with E-state index in [-0.39, 0.29) is 36.1 Å². The molecule has 1 spiro atoms. The Hall–Kier alpha value is -1.70. The Morgan fingerprint density at radius 3 is 2.56 bits per heavy atom. The molecule has 7 nitrogen and oxygen atoms in total. The number of rotatable bonds is 2. The Balaban J connectivity index is 1.78. The highest BCUT2D eigenvalue weighted by molar-refractivity contribution is 5.92. The second kappa shape index (κ2) is 9.07. The van der Waals surface area contributed by atoms with E-state index in [1.165, 1.54) is 5.57 Å². The number of hydrogen-bond acceptors (Lipinski definition) is 6. The van der Waals surface area contributed by atoms with Crippen LogP contribution in [0.1, 0.15) is 74.1 Å². The van der Waals surface area contributed by atoms with Crippen LogP contribution < -0.4 is 5.32 Å². The zero-order valence-electron chi connectivity index (χ0n) is 21.6. The molecule has 8 atom stereocenters. The quantitative estimate of drug-likeness (QED) is 0.468. The number of aliphatic hydroxyl groups is 1. The van der Waals surface area contributed by atoms with Gasteiger partial charge in [-0.1, -0.05) is 44.1 Å². The van der Waals surface area contributed by atoms with Crippen LogP contribution in [0.3, 0.4) is 0 Å². The lowest BCUT2D eigenvalue weighted by Gasteiger charge is -2.45. The molecule has 1 amide bonds. The van der Waals surface area contributed by atoms with E-state index >= 15 is 0 Å².